The lowest BCUT2D eigenvalue weighted by atomic mass is 9.90. The first kappa shape index (κ1) is 15.1. The zero-order valence-corrected chi connectivity index (χ0v) is 13.6. The molecule has 1 saturated heterocycles. The topological polar surface area (TPSA) is 18.5 Å². The van der Waals surface area contributed by atoms with Gasteiger partial charge < -0.3 is 10.2 Å². The van der Waals surface area contributed by atoms with Gasteiger partial charge in [-0.05, 0) is 57.0 Å². The van der Waals surface area contributed by atoms with E-state index in [1.807, 2.05) is 12.1 Å². The zero-order valence-electron chi connectivity index (χ0n) is 12.9. The van der Waals surface area contributed by atoms with Gasteiger partial charge in [-0.1, -0.05) is 11.6 Å². The maximum atomic E-state index is 5.97. The van der Waals surface area contributed by atoms with E-state index in [2.05, 4.69) is 34.3 Å². The molecule has 0 radical (unpaired) electrons. The Morgan fingerprint density at radius 1 is 0.952 bits per heavy atom. The largest absolute Gasteiger partial charge is 0.369 e. The molecule has 2 aliphatic rings. The molecule has 1 N–H and O–H groups in total. The molecule has 0 amide bonds. The van der Waals surface area contributed by atoms with Crippen LogP contribution in [-0.2, 0) is 0 Å². The lowest BCUT2D eigenvalue weighted by Gasteiger charge is -2.42. The second-order valence-electron chi connectivity index (χ2n) is 6.29. The minimum atomic E-state index is 0.747. The molecule has 0 spiro atoms. The molecule has 0 unspecified atom stereocenters. The van der Waals surface area contributed by atoms with Gasteiger partial charge in [0, 0.05) is 49.0 Å². The van der Waals surface area contributed by atoms with Gasteiger partial charge in [-0.15, -0.1) is 0 Å². The van der Waals surface area contributed by atoms with Crippen molar-refractivity contribution in [3.8, 4) is 0 Å². The third-order valence-corrected chi connectivity index (χ3v) is 5.38. The van der Waals surface area contributed by atoms with Crippen molar-refractivity contribution in [2.24, 2.45) is 0 Å². The third-order valence-electron chi connectivity index (χ3n) is 5.13. The lowest BCUT2D eigenvalue weighted by Crippen LogP contribution is -2.52. The fraction of sp³-hybridized carbons (Fsp3) is 0.647. The lowest BCUT2D eigenvalue weighted by molar-refractivity contribution is 0.137. The van der Waals surface area contributed by atoms with E-state index in [-0.39, 0.29) is 0 Å². The molecule has 116 valence electrons. The minimum Gasteiger partial charge on any atom is -0.369 e. The van der Waals surface area contributed by atoms with Crippen molar-refractivity contribution in [1.82, 2.24) is 10.2 Å². The van der Waals surface area contributed by atoms with E-state index in [9.17, 15) is 0 Å². The van der Waals surface area contributed by atoms with Crippen LogP contribution >= 0.6 is 11.6 Å². The Morgan fingerprint density at radius 3 is 2.14 bits per heavy atom. The van der Waals surface area contributed by atoms with Gasteiger partial charge >= 0.3 is 0 Å². The number of hydrogen-bond acceptors (Lipinski definition) is 3. The van der Waals surface area contributed by atoms with E-state index in [0.29, 0.717) is 0 Å². The highest BCUT2D eigenvalue weighted by molar-refractivity contribution is 6.30. The van der Waals surface area contributed by atoms with Gasteiger partial charge in [-0.2, -0.15) is 0 Å². The van der Waals surface area contributed by atoms with Crippen LogP contribution in [0.1, 0.15) is 25.7 Å². The molecule has 1 heterocycles. The monoisotopic (exact) mass is 307 g/mol. The number of nitrogens with one attached hydrogen (secondary N) is 1. The molecular formula is C17H26ClN3. The molecule has 0 aromatic heterocycles. The van der Waals surface area contributed by atoms with Crippen LogP contribution in [0.15, 0.2) is 24.3 Å². The summed E-state index contributed by atoms with van der Waals surface area (Å²) in [5, 5.41) is 4.24. The Bertz CT molecular complexity index is 432. The Labute approximate surface area is 133 Å². The van der Waals surface area contributed by atoms with Crippen LogP contribution in [0.25, 0.3) is 0 Å². The predicted molar refractivity (Wildman–Crippen MR) is 90.3 cm³/mol. The molecule has 2 fully saturated rings. The first-order chi connectivity index (χ1) is 10.3. The number of rotatable bonds is 3. The number of piperazine rings is 1. The van der Waals surface area contributed by atoms with Gasteiger partial charge in [0.25, 0.3) is 0 Å². The summed E-state index contributed by atoms with van der Waals surface area (Å²) in [5.41, 5.74) is 1.30. The van der Waals surface area contributed by atoms with Crippen LogP contribution in [-0.4, -0.2) is 50.2 Å². The summed E-state index contributed by atoms with van der Waals surface area (Å²) in [5.74, 6) is 0. The average Bonchev–Trinajstić information content (AvgIpc) is 2.56. The molecular weight excluding hydrogens is 282 g/mol. The van der Waals surface area contributed by atoms with E-state index in [1.165, 1.54) is 44.5 Å². The van der Waals surface area contributed by atoms with Gasteiger partial charge in [0.05, 0.1) is 0 Å². The highest BCUT2D eigenvalue weighted by Gasteiger charge is 2.27. The van der Waals surface area contributed by atoms with Gasteiger partial charge in [-0.3, -0.25) is 4.90 Å². The predicted octanol–water partition coefficient (Wildman–Crippen LogP) is 2.99. The van der Waals surface area contributed by atoms with Crippen LogP contribution in [0.2, 0.25) is 5.02 Å². The molecule has 1 aliphatic carbocycles. The number of benzene rings is 1. The van der Waals surface area contributed by atoms with Crippen LogP contribution < -0.4 is 10.2 Å². The first-order valence-corrected chi connectivity index (χ1v) is 8.56. The molecule has 3 rings (SSSR count). The Kier molecular flexibility index (Phi) is 5.04. The summed E-state index contributed by atoms with van der Waals surface area (Å²) in [7, 11) is 2.09. The van der Waals surface area contributed by atoms with Crippen molar-refractivity contribution < 1.29 is 0 Å². The number of anilines is 1. The van der Waals surface area contributed by atoms with Gasteiger partial charge in [0.2, 0.25) is 0 Å². The smallest absolute Gasteiger partial charge is 0.0407 e. The number of hydrogen-bond donors (Lipinski definition) is 1. The molecule has 0 bridgehead atoms. The summed E-state index contributed by atoms with van der Waals surface area (Å²) in [6.07, 6.45) is 5.37. The van der Waals surface area contributed by atoms with E-state index in [4.69, 9.17) is 11.6 Å². The molecule has 21 heavy (non-hydrogen) atoms. The van der Waals surface area contributed by atoms with Crippen LogP contribution in [0.4, 0.5) is 5.69 Å². The summed E-state index contributed by atoms with van der Waals surface area (Å²) < 4.78 is 0. The highest BCUT2D eigenvalue weighted by atomic mass is 35.5. The quantitative estimate of drug-likeness (QED) is 0.926. The van der Waals surface area contributed by atoms with E-state index >= 15 is 0 Å². The maximum Gasteiger partial charge on any atom is 0.0407 e. The van der Waals surface area contributed by atoms with Crippen LogP contribution in [0, 0.1) is 0 Å². The zero-order chi connectivity index (χ0) is 14.7. The summed E-state index contributed by atoms with van der Waals surface area (Å²) in [6, 6.07) is 9.80. The minimum absolute atomic E-state index is 0.747. The fourth-order valence-corrected chi connectivity index (χ4v) is 3.85. The molecule has 1 aromatic carbocycles. The maximum absolute atomic E-state index is 5.97. The molecule has 1 saturated carbocycles. The fourth-order valence-electron chi connectivity index (χ4n) is 3.73. The van der Waals surface area contributed by atoms with Crippen molar-refractivity contribution >= 4 is 17.3 Å². The van der Waals surface area contributed by atoms with E-state index < -0.39 is 0 Å². The molecule has 4 heteroatoms. The van der Waals surface area contributed by atoms with Crippen molar-refractivity contribution in [2.75, 3.05) is 38.1 Å². The van der Waals surface area contributed by atoms with Gasteiger partial charge in [0.1, 0.15) is 0 Å². The SMILES string of the molecule is CNC1CCC(N2CCN(c3ccc(Cl)cc3)CC2)CC1. The summed E-state index contributed by atoms with van der Waals surface area (Å²) >= 11 is 5.97. The van der Waals surface area contributed by atoms with Crippen molar-refractivity contribution in [2.45, 2.75) is 37.8 Å². The molecule has 1 aliphatic heterocycles. The average molecular weight is 308 g/mol. The molecule has 1 aromatic rings. The van der Waals surface area contributed by atoms with Crippen LogP contribution in [0.5, 0.6) is 0 Å². The molecule has 0 atom stereocenters. The normalized spacial score (nSPS) is 27.8. The van der Waals surface area contributed by atoms with Crippen molar-refractivity contribution in [3.05, 3.63) is 29.3 Å². The second-order valence-corrected chi connectivity index (χ2v) is 6.73. The standard InChI is InChI=1S/C17H26ClN3/c1-19-15-4-8-17(9-5-15)21-12-10-20(11-13-21)16-6-2-14(18)3-7-16/h2-3,6-7,15,17,19H,4-5,8-13H2,1H3. The summed E-state index contributed by atoms with van der Waals surface area (Å²) in [6.45, 7) is 4.65. The third kappa shape index (κ3) is 3.71. The first-order valence-electron chi connectivity index (χ1n) is 8.18. The number of nitrogens with zero attached hydrogens (tertiary/aromatic N) is 2. The molecule has 3 nitrogen and oxygen atoms in total. The van der Waals surface area contributed by atoms with Crippen LogP contribution in [0.3, 0.4) is 0 Å². The van der Waals surface area contributed by atoms with E-state index in [1.54, 1.807) is 0 Å². The summed E-state index contributed by atoms with van der Waals surface area (Å²) in [4.78, 5) is 5.18. The second kappa shape index (κ2) is 6.99. The van der Waals surface area contributed by atoms with Crippen molar-refractivity contribution in [3.63, 3.8) is 0 Å². The number of halogens is 1. The Balaban J connectivity index is 1.50. The Hall–Kier alpha value is -0.770. The highest BCUT2D eigenvalue weighted by Crippen LogP contribution is 2.25. The van der Waals surface area contributed by atoms with Gasteiger partial charge in [0.15, 0.2) is 0 Å². The van der Waals surface area contributed by atoms with E-state index in [0.717, 1.165) is 30.2 Å². The Morgan fingerprint density at radius 2 is 1.57 bits per heavy atom. The van der Waals surface area contributed by atoms with Gasteiger partial charge in [-0.25, -0.2) is 0 Å². The van der Waals surface area contributed by atoms with Crippen molar-refractivity contribution in [1.29, 1.82) is 0 Å².